The Labute approximate surface area is 162 Å². The van der Waals surface area contributed by atoms with Crippen molar-refractivity contribution in [1.82, 2.24) is 0 Å². The highest BCUT2D eigenvalue weighted by molar-refractivity contribution is 5.94. The van der Waals surface area contributed by atoms with E-state index in [1.165, 1.54) is 0 Å². The molecule has 1 amide bonds. The fraction of sp³-hybridized carbons (Fsp3) is 0.0909. The van der Waals surface area contributed by atoms with E-state index in [2.05, 4.69) is 15.7 Å². The first-order valence-corrected chi connectivity index (χ1v) is 8.72. The summed E-state index contributed by atoms with van der Waals surface area (Å²) >= 11 is 0. The molecule has 0 aliphatic heterocycles. The van der Waals surface area contributed by atoms with Crippen LogP contribution in [0.4, 0.5) is 11.4 Å². The minimum atomic E-state index is -0.406. The van der Waals surface area contributed by atoms with Gasteiger partial charge in [0.25, 0.3) is 5.91 Å². The van der Waals surface area contributed by atoms with Crippen LogP contribution in [0.1, 0.15) is 21.5 Å². The number of amides is 1. The number of hydrogen-bond donors (Lipinski definition) is 1. The summed E-state index contributed by atoms with van der Waals surface area (Å²) in [4.78, 5) is 28.9. The lowest BCUT2D eigenvalue weighted by Crippen LogP contribution is -2.12. The second-order valence-electron chi connectivity index (χ2n) is 6.16. The Kier molecular flexibility index (Phi) is 6.25. The molecular formula is C22H19N3O3. The van der Waals surface area contributed by atoms with Crippen molar-refractivity contribution in [2.45, 2.75) is 13.3 Å². The fourth-order valence-corrected chi connectivity index (χ4v) is 2.37. The highest BCUT2D eigenvalue weighted by Crippen LogP contribution is 2.17. The third-order valence-electron chi connectivity index (χ3n) is 3.90. The number of anilines is 1. The number of aryl methyl sites for hydroxylation is 1. The van der Waals surface area contributed by atoms with Gasteiger partial charge in [-0.15, -0.1) is 10.2 Å². The number of nitrogens with zero attached hydrogens (tertiary/aromatic N) is 2. The molecule has 0 saturated heterocycles. The van der Waals surface area contributed by atoms with Crippen LogP contribution in [0.15, 0.2) is 89.1 Å². The van der Waals surface area contributed by atoms with E-state index in [-0.39, 0.29) is 6.42 Å². The number of hydrogen-bond acceptors (Lipinski definition) is 5. The molecule has 0 bridgehead atoms. The highest BCUT2D eigenvalue weighted by Gasteiger charge is 2.06. The van der Waals surface area contributed by atoms with Gasteiger partial charge in [-0.25, -0.2) is 10.3 Å². The van der Waals surface area contributed by atoms with Gasteiger partial charge in [-0.05, 0) is 48.9 Å². The van der Waals surface area contributed by atoms with Gasteiger partial charge in [-0.1, -0.05) is 48.0 Å². The molecule has 0 fully saturated rings. The maximum absolute atomic E-state index is 12.0. The summed E-state index contributed by atoms with van der Waals surface area (Å²) in [6, 6.07) is 23.2. The molecule has 0 saturated carbocycles. The second-order valence-corrected chi connectivity index (χ2v) is 6.16. The average molecular weight is 373 g/mol. The van der Waals surface area contributed by atoms with Gasteiger partial charge in [-0.3, -0.25) is 4.79 Å². The molecule has 28 heavy (non-hydrogen) atoms. The monoisotopic (exact) mass is 373 g/mol. The van der Waals surface area contributed by atoms with Crippen LogP contribution in [0.2, 0.25) is 0 Å². The molecule has 0 aliphatic carbocycles. The smallest absolute Gasteiger partial charge is 0.336 e. The zero-order valence-corrected chi connectivity index (χ0v) is 15.3. The van der Waals surface area contributed by atoms with Crippen molar-refractivity contribution < 1.29 is 14.4 Å². The lowest BCUT2D eigenvalue weighted by Gasteiger charge is -2.07. The van der Waals surface area contributed by atoms with E-state index < -0.39 is 11.9 Å². The largest absolute Gasteiger partial charge is 0.343 e. The molecule has 0 radical (unpaired) electrons. The van der Waals surface area contributed by atoms with Gasteiger partial charge in [0.2, 0.25) is 0 Å². The van der Waals surface area contributed by atoms with Crippen LogP contribution in [0.3, 0.4) is 0 Å². The summed E-state index contributed by atoms with van der Waals surface area (Å²) in [7, 11) is 0. The maximum atomic E-state index is 12.0. The number of benzene rings is 3. The van der Waals surface area contributed by atoms with Crippen molar-refractivity contribution >= 4 is 23.3 Å². The molecule has 3 rings (SSSR count). The maximum Gasteiger partial charge on any atom is 0.336 e. The Morgan fingerprint density at radius 1 is 0.893 bits per heavy atom. The van der Waals surface area contributed by atoms with Crippen LogP contribution < -0.4 is 5.48 Å². The van der Waals surface area contributed by atoms with Crippen molar-refractivity contribution in [3.8, 4) is 0 Å². The SMILES string of the molecule is Cc1ccc(C(=O)N=Nc2ccc(NOC(=O)Cc3ccccc3)cc2)cc1. The number of rotatable bonds is 6. The van der Waals surface area contributed by atoms with Crippen LogP contribution in [-0.2, 0) is 16.1 Å². The number of carbonyl (C=O) groups is 2. The van der Waals surface area contributed by atoms with Crippen molar-refractivity contribution in [3.63, 3.8) is 0 Å². The third kappa shape index (κ3) is 5.60. The van der Waals surface area contributed by atoms with Crippen molar-refractivity contribution in [1.29, 1.82) is 0 Å². The van der Waals surface area contributed by atoms with Crippen molar-refractivity contribution in [3.05, 3.63) is 95.6 Å². The molecule has 0 aromatic heterocycles. The number of carbonyl (C=O) groups excluding carboxylic acids is 2. The molecule has 3 aromatic carbocycles. The number of nitrogens with one attached hydrogen (secondary N) is 1. The molecule has 0 spiro atoms. The summed E-state index contributed by atoms with van der Waals surface area (Å²) in [5.41, 5.74) is 6.14. The molecule has 0 unspecified atom stereocenters. The minimum Gasteiger partial charge on any atom is -0.343 e. The summed E-state index contributed by atoms with van der Waals surface area (Å²) in [5.74, 6) is -0.796. The molecule has 0 aliphatic rings. The quantitative estimate of drug-likeness (QED) is 0.485. The number of azo groups is 1. The van der Waals surface area contributed by atoms with Crippen LogP contribution in [0, 0.1) is 6.92 Å². The van der Waals surface area contributed by atoms with Crippen molar-refractivity contribution in [2.75, 3.05) is 5.48 Å². The highest BCUT2D eigenvalue weighted by atomic mass is 16.7. The molecular weight excluding hydrogens is 354 g/mol. The Bertz CT molecular complexity index is 966. The van der Waals surface area contributed by atoms with Gasteiger partial charge < -0.3 is 4.84 Å². The predicted molar refractivity (Wildman–Crippen MR) is 106 cm³/mol. The summed E-state index contributed by atoms with van der Waals surface area (Å²) in [6.45, 7) is 1.95. The first-order valence-electron chi connectivity index (χ1n) is 8.72. The van der Waals surface area contributed by atoms with Gasteiger partial charge in [0.1, 0.15) is 0 Å². The van der Waals surface area contributed by atoms with E-state index in [1.54, 1.807) is 36.4 Å². The molecule has 0 heterocycles. The standard InChI is InChI=1S/C22H19N3O3/c1-16-7-9-18(10-8-16)22(27)24-23-19-11-13-20(14-12-19)25-28-21(26)15-17-5-3-2-4-6-17/h2-14,25H,15H2,1H3. The normalized spacial score (nSPS) is 10.6. The summed E-state index contributed by atoms with van der Waals surface area (Å²) < 4.78 is 0. The van der Waals surface area contributed by atoms with E-state index in [4.69, 9.17) is 4.84 Å². The molecule has 6 heteroatoms. The molecule has 1 N–H and O–H groups in total. The van der Waals surface area contributed by atoms with Gasteiger partial charge in [0, 0.05) is 5.56 Å². The first-order chi connectivity index (χ1) is 13.6. The molecule has 140 valence electrons. The van der Waals surface area contributed by atoms with Crippen LogP contribution >= 0.6 is 0 Å². The van der Waals surface area contributed by atoms with Crippen LogP contribution in [-0.4, -0.2) is 11.9 Å². The van der Waals surface area contributed by atoms with E-state index in [1.807, 2.05) is 49.4 Å². The topological polar surface area (TPSA) is 80.1 Å². The van der Waals surface area contributed by atoms with Crippen molar-refractivity contribution in [2.24, 2.45) is 10.2 Å². The van der Waals surface area contributed by atoms with E-state index in [9.17, 15) is 9.59 Å². The van der Waals surface area contributed by atoms with Gasteiger partial charge >= 0.3 is 5.97 Å². The van der Waals surface area contributed by atoms with E-state index in [0.717, 1.165) is 11.1 Å². The van der Waals surface area contributed by atoms with E-state index >= 15 is 0 Å². The van der Waals surface area contributed by atoms with Gasteiger partial charge in [0.15, 0.2) is 0 Å². The lowest BCUT2D eigenvalue weighted by molar-refractivity contribution is -0.139. The molecule has 6 nitrogen and oxygen atoms in total. The third-order valence-corrected chi connectivity index (χ3v) is 3.90. The lowest BCUT2D eigenvalue weighted by atomic mass is 10.1. The summed E-state index contributed by atoms with van der Waals surface area (Å²) in [5, 5.41) is 7.66. The average Bonchev–Trinajstić information content (AvgIpc) is 2.72. The Balaban J connectivity index is 1.51. The Hall–Kier alpha value is -3.80. The van der Waals surface area contributed by atoms with Crippen LogP contribution in [0.25, 0.3) is 0 Å². The molecule has 0 atom stereocenters. The minimum absolute atomic E-state index is 0.182. The Morgan fingerprint density at radius 2 is 1.57 bits per heavy atom. The van der Waals surface area contributed by atoms with Gasteiger partial charge in [0.05, 0.1) is 17.8 Å². The second kappa shape index (κ2) is 9.23. The predicted octanol–water partition coefficient (Wildman–Crippen LogP) is 5.03. The van der Waals surface area contributed by atoms with Gasteiger partial charge in [-0.2, -0.15) is 0 Å². The fourth-order valence-electron chi connectivity index (χ4n) is 2.37. The molecule has 3 aromatic rings. The van der Waals surface area contributed by atoms with Crippen LogP contribution in [0.5, 0.6) is 0 Å². The zero-order valence-electron chi connectivity index (χ0n) is 15.3. The first kappa shape index (κ1) is 19.0. The zero-order chi connectivity index (χ0) is 19.8. The summed E-state index contributed by atoms with van der Waals surface area (Å²) in [6.07, 6.45) is 0.182. The Morgan fingerprint density at radius 3 is 2.25 bits per heavy atom. The van der Waals surface area contributed by atoms with E-state index in [0.29, 0.717) is 16.9 Å².